The van der Waals surface area contributed by atoms with Gasteiger partial charge in [-0.05, 0) is 50.1 Å². The van der Waals surface area contributed by atoms with E-state index in [1.165, 1.54) is 6.42 Å². The molecule has 1 aromatic carbocycles. The van der Waals surface area contributed by atoms with Crippen LogP contribution in [-0.4, -0.2) is 17.9 Å². The fourth-order valence-electron chi connectivity index (χ4n) is 3.44. The van der Waals surface area contributed by atoms with Gasteiger partial charge >= 0.3 is 0 Å². The second-order valence-corrected chi connectivity index (χ2v) is 7.06. The third-order valence-electron chi connectivity index (χ3n) is 4.83. The van der Waals surface area contributed by atoms with Gasteiger partial charge in [-0.2, -0.15) is 0 Å². The normalized spacial score (nSPS) is 16.0. The molecule has 1 aromatic heterocycles. The summed E-state index contributed by atoms with van der Waals surface area (Å²) in [6.07, 6.45) is 7.63. The van der Waals surface area contributed by atoms with Crippen LogP contribution in [0.1, 0.15) is 55.1 Å². The second-order valence-electron chi connectivity index (χ2n) is 7.06. The van der Waals surface area contributed by atoms with E-state index in [2.05, 4.69) is 10.6 Å². The molecule has 1 aliphatic carbocycles. The molecule has 2 N–H and O–H groups in total. The van der Waals surface area contributed by atoms with Crippen LogP contribution in [0.5, 0.6) is 0 Å². The average Bonchev–Trinajstić information content (AvgIpc) is 3.15. The van der Waals surface area contributed by atoms with Crippen molar-refractivity contribution in [1.82, 2.24) is 5.32 Å². The van der Waals surface area contributed by atoms with Crippen LogP contribution in [0.25, 0.3) is 0 Å². The van der Waals surface area contributed by atoms with E-state index in [1.54, 1.807) is 24.5 Å². The van der Waals surface area contributed by atoms with E-state index in [-0.39, 0.29) is 23.8 Å². The van der Waals surface area contributed by atoms with Gasteiger partial charge in [0.15, 0.2) is 0 Å². The van der Waals surface area contributed by atoms with Crippen molar-refractivity contribution in [2.45, 2.75) is 51.5 Å². The van der Waals surface area contributed by atoms with Crippen LogP contribution in [0.2, 0.25) is 0 Å². The second kappa shape index (κ2) is 8.70. The number of carbonyl (C=O) groups is 2. The van der Waals surface area contributed by atoms with Crippen LogP contribution in [-0.2, 0) is 11.2 Å². The molecular formula is C21H26N2O3. The highest BCUT2D eigenvalue weighted by molar-refractivity contribution is 5.97. The summed E-state index contributed by atoms with van der Waals surface area (Å²) in [6.45, 7) is 1.94. The fraction of sp³-hybridized carbons (Fsp3) is 0.429. The van der Waals surface area contributed by atoms with Crippen LogP contribution in [0, 0.1) is 5.92 Å². The molecule has 0 saturated heterocycles. The molecule has 1 aliphatic rings. The Morgan fingerprint density at radius 1 is 1.15 bits per heavy atom. The van der Waals surface area contributed by atoms with Crippen molar-refractivity contribution in [2.24, 2.45) is 5.92 Å². The minimum absolute atomic E-state index is 0.0471. The van der Waals surface area contributed by atoms with Crippen molar-refractivity contribution in [3.05, 3.63) is 54.0 Å². The van der Waals surface area contributed by atoms with Crippen molar-refractivity contribution < 1.29 is 14.0 Å². The van der Waals surface area contributed by atoms with Gasteiger partial charge in [0.2, 0.25) is 5.91 Å². The van der Waals surface area contributed by atoms with Gasteiger partial charge in [-0.1, -0.05) is 25.3 Å². The molecule has 1 heterocycles. The van der Waals surface area contributed by atoms with Crippen molar-refractivity contribution in [1.29, 1.82) is 0 Å². The van der Waals surface area contributed by atoms with Gasteiger partial charge in [0.05, 0.1) is 6.26 Å². The molecule has 2 aromatic rings. The number of nitrogens with one attached hydrogen (secondary N) is 2. The molecule has 1 atom stereocenters. The largest absolute Gasteiger partial charge is 0.469 e. The highest BCUT2D eigenvalue weighted by atomic mass is 16.3. The molecule has 0 bridgehead atoms. The number of rotatable bonds is 6. The predicted molar refractivity (Wildman–Crippen MR) is 101 cm³/mol. The van der Waals surface area contributed by atoms with Crippen molar-refractivity contribution in [3.8, 4) is 0 Å². The first kappa shape index (κ1) is 18.2. The minimum atomic E-state index is -0.155. The lowest BCUT2D eigenvalue weighted by atomic mass is 9.88. The zero-order valence-corrected chi connectivity index (χ0v) is 15.2. The Hall–Kier alpha value is -2.56. The van der Waals surface area contributed by atoms with Crippen LogP contribution >= 0.6 is 0 Å². The van der Waals surface area contributed by atoms with Crippen LogP contribution in [0.4, 0.5) is 5.69 Å². The van der Waals surface area contributed by atoms with Gasteiger partial charge in [-0.3, -0.25) is 9.59 Å². The third kappa shape index (κ3) is 4.97. The fourth-order valence-corrected chi connectivity index (χ4v) is 3.44. The van der Waals surface area contributed by atoms with Gasteiger partial charge in [-0.15, -0.1) is 0 Å². The quantitative estimate of drug-likeness (QED) is 0.818. The van der Waals surface area contributed by atoms with Gasteiger partial charge < -0.3 is 15.1 Å². The van der Waals surface area contributed by atoms with E-state index < -0.39 is 0 Å². The maximum atomic E-state index is 12.5. The lowest BCUT2D eigenvalue weighted by Crippen LogP contribution is -2.34. The zero-order chi connectivity index (χ0) is 18.4. The van der Waals surface area contributed by atoms with E-state index in [4.69, 9.17) is 4.42 Å². The smallest absolute Gasteiger partial charge is 0.251 e. The Bertz CT molecular complexity index is 733. The summed E-state index contributed by atoms with van der Waals surface area (Å²) in [5, 5.41) is 5.93. The average molecular weight is 354 g/mol. The first-order chi connectivity index (χ1) is 12.6. The Labute approximate surface area is 154 Å². The van der Waals surface area contributed by atoms with E-state index in [0.29, 0.717) is 17.7 Å². The number of hydrogen-bond acceptors (Lipinski definition) is 3. The van der Waals surface area contributed by atoms with E-state index in [1.807, 2.05) is 25.1 Å². The van der Waals surface area contributed by atoms with Crippen LogP contribution in [0.15, 0.2) is 47.1 Å². The SMILES string of the molecule is CC(Cc1ccco1)NC(=O)c1cccc(NC(=O)C2CCCCC2)c1. The molecule has 3 rings (SSSR count). The van der Waals surface area contributed by atoms with Crippen molar-refractivity contribution in [2.75, 3.05) is 5.32 Å². The minimum Gasteiger partial charge on any atom is -0.469 e. The molecule has 1 fully saturated rings. The van der Waals surface area contributed by atoms with E-state index in [0.717, 1.165) is 31.4 Å². The molecule has 0 spiro atoms. The Morgan fingerprint density at radius 3 is 2.69 bits per heavy atom. The first-order valence-electron chi connectivity index (χ1n) is 9.36. The van der Waals surface area contributed by atoms with Gasteiger partial charge in [0.1, 0.15) is 5.76 Å². The monoisotopic (exact) mass is 354 g/mol. The number of anilines is 1. The Balaban J connectivity index is 1.57. The first-order valence-corrected chi connectivity index (χ1v) is 9.36. The highest BCUT2D eigenvalue weighted by Gasteiger charge is 2.21. The summed E-state index contributed by atoms with van der Waals surface area (Å²) in [5.41, 5.74) is 1.21. The third-order valence-corrected chi connectivity index (χ3v) is 4.83. The molecule has 1 saturated carbocycles. The number of hydrogen-bond donors (Lipinski definition) is 2. The van der Waals surface area contributed by atoms with Crippen LogP contribution < -0.4 is 10.6 Å². The molecule has 138 valence electrons. The summed E-state index contributed by atoms with van der Waals surface area (Å²) < 4.78 is 5.31. The molecule has 0 aliphatic heterocycles. The predicted octanol–water partition coefficient (Wildman–Crippen LogP) is 4.16. The lowest BCUT2D eigenvalue weighted by molar-refractivity contribution is -0.120. The molecule has 5 nitrogen and oxygen atoms in total. The summed E-state index contributed by atoms with van der Waals surface area (Å²) in [7, 11) is 0. The lowest BCUT2D eigenvalue weighted by Gasteiger charge is -2.21. The summed E-state index contributed by atoms with van der Waals surface area (Å²) >= 11 is 0. The number of benzene rings is 1. The molecule has 1 unspecified atom stereocenters. The maximum absolute atomic E-state index is 12.5. The summed E-state index contributed by atoms with van der Waals surface area (Å²) in [5.74, 6) is 0.840. The van der Waals surface area contributed by atoms with E-state index in [9.17, 15) is 9.59 Å². The Morgan fingerprint density at radius 2 is 1.96 bits per heavy atom. The van der Waals surface area contributed by atoms with Gasteiger partial charge in [-0.25, -0.2) is 0 Å². The van der Waals surface area contributed by atoms with Crippen molar-refractivity contribution in [3.63, 3.8) is 0 Å². The molecule has 26 heavy (non-hydrogen) atoms. The number of carbonyl (C=O) groups excluding carboxylic acids is 2. The summed E-state index contributed by atoms with van der Waals surface area (Å²) in [6, 6.07) is 10.8. The topological polar surface area (TPSA) is 71.3 Å². The standard InChI is InChI=1S/C21H26N2O3/c1-15(13-19-11-6-12-26-19)22-21(25)17-9-5-10-18(14-17)23-20(24)16-7-3-2-4-8-16/h5-6,9-12,14-16H,2-4,7-8,13H2,1H3,(H,22,25)(H,23,24). The van der Waals surface area contributed by atoms with Crippen LogP contribution in [0.3, 0.4) is 0 Å². The van der Waals surface area contributed by atoms with Crippen molar-refractivity contribution >= 4 is 17.5 Å². The highest BCUT2D eigenvalue weighted by Crippen LogP contribution is 2.25. The Kier molecular flexibility index (Phi) is 6.10. The summed E-state index contributed by atoms with van der Waals surface area (Å²) in [4.78, 5) is 24.9. The molecule has 0 radical (unpaired) electrons. The maximum Gasteiger partial charge on any atom is 0.251 e. The van der Waals surface area contributed by atoms with Gasteiger partial charge in [0, 0.05) is 29.6 Å². The zero-order valence-electron chi connectivity index (χ0n) is 15.2. The number of amides is 2. The molecule has 5 heteroatoms. The van der Waals surface area contributed by atoms with Gasteiger partial charge in [0.25, 0.3) is 5.91 Å². The van der Waals surface area contributed by atoms with E-state index >= 15 is 0 Å². The molecular weight excluding hydrogens is 328 g/mol. The number of furan rings is 1. The molecule has 2 amide bonds.